The van der Waals surface area contributed by atoms with Crippen LogP contribution in [-0.2, 0) is 19.4 Å². The Labute approximate surface area is 109 Å². The Balaban J connectivity index is 3.38. The maximum Gasteiger partial charge on any atom is 0.221 e. The van der Waals surface area contributed by atoms with E-state index in [9.17, 15) is 13.2 Å². The molecule has 0 aromatic carbocycles. The summed E-state index contributed by atoms with van der Waals surface area (Å²) < 4.78 is 27.2. The molecule has 0 heterocycles. The van der Waals surface area contributed by atoms with E-state index in [0.717, 1.165) is 0 Å². The molecule has 108 valence electrons. The molecule has 18 heavy (non-hydrogen) atoms. The first kappa shape index (κ1) is 17.3. The summed E-state index contributed by atoms with van der Waals surface area (Å²) in [6, 6.07) is 0. The van der Waals surface area contributed by atoms with Gasteiger partial charge in [0.25, 0.3) is 0 Å². The van der Waals surface area contributed by atoms with Crippen molar-refractivity contribution in [3.05, 3.63) is 0 Å². The molecule has 0 atom stereocenters. The molecule has 0 bridgehead atoms. The van der Waals surface area contributed by atoms with Crippen LogP contribution < -0.4 is 10.6 Å². The van der Waals surface area contributed by atoms with Crippen molar-refractivity contribution in [3.8, 4) is 0 Å². The van der Waals surface area contributed by atoms with Gasteiger partial charge in [0, 0.05) is 32.4 Å². The molecule has 0 saturated heterocycles. The second kappa shape index (κ2) is 10.3. The molecule has 0 fully saturated rings. The Bertz CT molecular complexity index is 317. The average Bonchev–Trinajstić information content (AvgIpc) is 2.34. The highest BCUT2D eigenvalue weighted by molar-refractivity contribution is 7.91. The Kier molecular flexibility index (Phi) is 9.90. The lowest BCUT2D eigenvalue weighted by Gasteiger charge is -2.06. The van der Waals surface area contributed by atoms with Crippen molar-refractivity contribution in [1.29, 1.82) is 0 Å². The normalized spacial score (nSPS) is 11.4. The first-order valence-electron chi connectivity index (χ1n) is 6.18. The monoisotopic (exact) mass is 280 g/mol. The third-order valence-corrected chi connectivity index (χ3v) is 4.20. The van der Waals surface area contributed by atoms with Gasteiger partial charge in [-0.2, -0.15) is 0 Å². The van der Waals surface area contributed by atoms with Crippen LogP contribution in [-0.4, -0.2) is 59.2 Å². The van der Waals surface area contributed by atoms with Gasteiger partial charge in [-0.25, -0.2) is 8.42 Å². The van der Waals surface area contributed by atoms with Crippen LogP contribution in [0.5, 0.6) is 0 Å². The molecule has 0 aliphatic heterocycles. The lowest BCUT2D eigenvalue weighted by atomic mass is 10.4. The summed E-state index contributed by atoms with van der Waals surface area (Å²) in [7, 11) is -1.29. The predicted octanol–water partition coefficient (Wildman–Crippen LogP) is -0.446. The molecule has 0 saturated carbocycles. The van der Waals surface area contributed by atoms with Crippen LogP contribution in [0.3, 0.4) is 0 Å². The van der Waals surface area contributed by atoms with Gasteiger partial charge in [-0.3, -0.25) is 4.79 Å². The Morgan fingerprint density at radius 1 is 1.22 bits per heavy atom. The second-order valence-corrected chi connectivity index (χ2v) is 6.41. The van der Waals surface area contributed by atoms with Gasteiger partial charge in [-0.1, -0.05) is 6.92 Å². The number of carbonyl (C=O) groups excluding carboxylic acids is 1. The fourth-order valence-corrected chi connectivity index (χ4v) is 2.14. The Hall–Kier alpha value is -0.660. The number of methoxy groups -OCH3 is 1. The van der Waals surface area contributed by atoms with Gasteiger partial charge >= 0.3 is 0 Å². The number of hydrogen-bond donors (Lipinski definition) is 2. The van der Waals surface area contributed by atoms with Crippen LogP contribution in [0.4, 0.5) is 0 Å². The van der Waals surface area contributed by atoms with Crippen molar-refractivity contribution in [2.75, 3.05) is 44.9 Å². The van der Waals surface area contributed by atoms with E-state index >= 15 is 0 Å². The third kappa shape index (κ3) is 10.5. The van der Waals surface area contributed by atoms with Crippen molar-refractivity contribution in [3.63, 3.8) is 0 Å². The standard InChI is InChI=1S/C11H24N2O4S/c1-3-18(15,16)10-4-6-12-7-5-11(14)13-8-9-17-2/h12H,3-10H2,1-2H3,(H,13,14). The van der Waals surface area contributed by atoms with E-state index in [2.05, 4.69) is 10.6 Å². The van der Waals surface area contributed by atoms with Crippen molar-refractivity contribution in [2.24, 2.45) is 0 Å². The number of ether oxygens (including phenoxy) is 1. The third-order valence-electron chi connectivity index (χ3n) is 2.41. The lowest BCUT2D eigenvalue weighted by molar-refractivity contribution is -0.121. The van der Waals surface area contributed by atoms with E-state index in [4.69, 9.17) is 4.74 Å². The fourth-order valence-electron chi connectivity index (χ4n) is 1.27. The van der Waals surface area contributed by atoms with E-state index in [1.807, 2.05) is 0 Å². The molecule has 0 spiro atoms. The molecule has 0 aromatic heterocycles. The predicted molar refractivity (Wildman–Crippen MR) is 71.3 cm³/mol. The van der Waals surface area contributed by atoms with E-state index in [-0.39, 0.29) is 17.4 Å². The molecule has 0 aliphatic rings. The number of rotatable bonds is 11. The summed E-state index contributed by atoms with van der Waals surface area (Å²) in [5.41, 5.74) is 0. The molecular weight excluding hydrogens is 256 g/mol. The molecule has 1 amide bonds. The summed E-state index contributed by atoms with van der Waals surface area (Å²) in [5.74, 6) is 0.367. The van der Waals surface area contributed by atoms with E-state index in [1.165, 1.54) is 0 Å². The first-order valence-corrected chi connectivity index (χ1v) is 8.00. The maximum atomic E-state index is 11.3. The molecule has 0 aromatic rings. The van der Waals surface area contributed by atoms with E-state index < -0.39 is 9.84 Å². The Morgan fingerprint density at radius 3 is 2.56 bits per heavy atom. The molecule has 7 heteroatoms. The number of carbonyl (C=O) groups is 1. The molecule has 0 unspecified atom stereocenters. The average molecular weight is 280 g/mol. The Morgan fingerprint density at radius 2 is 1.94 bits per heavy atom. The van der Waals surface area contributed by atoms with Crippen molar-refractivity contribution in [2.45, 2.75) is 19.8 Å². The van der Waals surface area contributed by atoms with Crippen LogP contribution in [0.25, 0.3) is 0 Å². The highest BCUT2D eigenvalue weighted by Gasteiger charge is 2.06. The zero-order valence-electron chi connectivity index (χ0n) is 11.2. The van der Waals surface area contributed by atoms with Crippen LogP contribution in [0, 0.1) is 0 Å². The lowest BCUT2D eigenvalue weighted by Crippen LogP contribution is -2.30. The van der Waals surface area contributed by atoms with Crippen molar-refractivity contribution >= 4 is 15.7 Å². The molecular formula is C11H24N2O4S. The summed E-state index contributed by atoms with van der Waals surface area (Å²) >= 11 is 0. The highest BCUT2D eigenvalue weighted by atomic mass is 32.2. The van der Waals surface area contributed by atoms with E-state index in [0.29, 0.717) is 39.1 Å². The summed E-state index contributed by atoms with van der Waals surface area (Å²) in [4.78, 5) is 11.3. The van der Waals surface area contributed by atoms with Gasteiger partial charge in [-0.05, 0) is 13.0 Å². The van der Waals surface area contributed by atoms with Crippen molar-refractivity contribution < 1.29 is 17.9 Å². The van der Waals surface area contributed by atoms with Gasteiger partial charge in [0.15, 0.2) is 0 Å². The molecule has 6 nitrogen and oxygen atoms in total. The second-order valence-electron chi connectivity index (χ2n) is 3.93. The van der Waals surface area contributed by atoms with Gasteiger partial charge < -0.3 is 15.4 Å². The number of sulfone groups is 1. The van der Waals surface area contributed by atoms with Gasteiger partial charge in [-0.15, -0.1) is 0 Å². The zero-order chi connectivity index (χ0) is 13.9. The summed E-state index contributed by atoms with van der Waals surface area (Å²) in [6.45, 7) is 3.85. The van der Waals surface area contributed by atoms with Crippen LogP contribution >= 0.6 is 0 Å². The SMILES string of the molecule is CCS(=O)(=O)CCCNCCC(=O)NCCOC. The van der Waals surface area contributed by atoms with E-state index in [1.54, 1.807) is 14.0 Å². The maximum absolute atomic E-state index is 11.3. The first-order chi connectivity index (χ1) is 8.52. The van der Waals surface area contributed by atoms with Crippen LogP contribution in [0.1, 0.15) is 19.8 Å². The molecule has 0 radical (unpaired) electrons. The number of hydrogen-bond acceptors (Lipinski definition) is 5. The van der Waals surface area contributed by atoms with Crippen LogP contribution in [0.15, 0.2) is 0 Å². The summed E-state index contributed by atoms with van der Waals surface area (Å²) in [6.07, 6.45) is 0.978. The largest absolute Gasteiger partial charge is 0.383 e. The molecule has 0 rings (SSSR count). The smallest absolute Gasteiger partial charge is 0.221 e. The minimum atomic E-state index is -2.87. The van der Waals surface area contributed by atoms with Gasteiger partial charge in [0.1, 0.15) is 9.84 Å². The topological polar surface area (TPSA) is 84.5 Å². The van der Waals surface area contributed by atoms with Crippen molar-refractivity contribution in [1.82, 2.24) is 10.6 Å². The minimum absolute atomic E-state index is 0.0271. The summed E-state index contributed by atoms with van der Waals surface area (Å²) in [5, 5.41) is 5.75. The molecule has 2 N–H and O–H groups in total. The molecule has 0 aliphatic carbocycles. The zero-order valence-corrected chi connectivity index (χ0v) is 12.0. The van der Waals surface area contributed by atoms with Gasteiger partial charge in [0.05, 0.1) is 12.4 Å². The number of amides is 1. The quantitative estimate of drug-likeness (QED) is 0.501. The fraction of sp³-hybridized carbons (Fsp3) is 0.909. The minimum Gasteiger partial charge on any atom is -0.383 e. The number of nitrogens with one attached hydrogen (secondary N) is 2. The van der Waals surface area contributed by atoms with Gasteiger partial charge in [0.2, 0.25) is 5.91 Å². The highest BCUT2D eigenvalue weighted by Crippen LogP contribution is 1.92. The van der Waals surface area contributed by atoms with Crippen LogP contribution in [0.2, 0.25) is 0 Å².